The maximum Gasteiger partial charge on any atom is 0.250 e. The number of halogens is 2. The quantitative estimate of drug-likeness (QED) is 0.465. The van der Waals surface area contributed by atoms with E-state index in [1.54, 1.807) is 17.6 Å². The molecule has 162 valence electrons. The van der Waals surface area contributed by atoms with E-state index in [0.29, 0.717) is 33.2 Å². The summed E-state index contributed by atoms with van der Waals surface area (Å²) >= 11 is 6.36. The highest BCUT2D eigenvalue weighted by molar-refractivity contribution is 6.34. The normalized spacial score (nSPS) is 11.9. The summed E-state index contributed by atoms with van der Waals surface area (Å²) in [5.74, 6) is -0.450. The monoisotopic (exact) mass is 453 g/mol. The van der Waals surface area contributed by atoms with Crippen LogP contribution in [0.3, 0.4) is 0 Å². The van der Waals surface area contributed by atoms with Gasteiger partial charge in [-0.05, 0) is 19.9 Å². The molecule has 0 bridgehead atoms. The van der Waals surface area contributed by atoms with E-state index in [4.69, 9.17) is 22.1 Å². The topological polar surface area (TPSA) is 140 Å². The predicted molar refractivity (Wildman–Crippen MR) is 116 cm³/mol. The Balaban J connectivity index is 1.88. The number of nitrogens with two attached hydrogens (primary N) is 1. The van der Waals surface area contributed by atoms with E-state index in [0.717, 1.165) is 0 Å². The van der Waals surface area contributed by atoms with Crippen molar-refractivity contribution in [1.82, 2.24) is 29.5 Å². The van der Waals surface area contributed by atoms with Crippen molar-refractivity contribution in [3.8, 4) is 23.2 Å². The maximum absolute atomic E-state index is 14.4. The fourth-order valence-electron chi connectivity index (χ4n) is 3.22. The van der Waals surface area contributed by atoms with E-state index in [1.807, 2.05) is 13.0 Å². The Kier molecular flexibility index (Phi) is 5.46. The summed E-state index contributed by atoms with van der Waals surface area (Å²) in [7, 11) is 1.34. The van der Waals surface area contributed by atoms with Gasteiger partial charge < -0.3 is 15.8 Å². The lowest BCUT2D eigenvalue weighted by Crippen LogP contribution is -2.14. The van der Waals surface area contributed by atoms with Crippen molar-refractivity contribution in [1.29, 1.82) is 5.26 Å². The third-order valence-corrected chi connectivity index (χ3v) is 5.27. The molecule has 0 saturated carbocycles. The molecule has 3 N–H and O–H groups in total. The second-order valence-electron chi connectivity index (χ2n) is 6.89. The van der Waals surface area contributed by atoms with Gasteiger partial charge in [-0.2, -0.15) is 10.4 Å². The third-order valence-electron chi connectivity index (χ3n) is 4.82. The summed E-state index contributed by atoms with van der Waals surface area (Å²) in [6.45, 7) is 3.59. The van der Waals surface area contributed by atoms with Gasteiger partial charge in [-0.1, -0.05) is 11.6 Å². The Morgan fingerprint density at radius 1 is 1.34 bits per heavy atom. The highest BCUT2D eigenvalue weighted by atomic mass is 35.5. The molecule has 0 aliphatic rings. The molecular weight excluding hydrogens is 437 g/mol. The Labute approximate surface area is 186 Å². The zero-order chi connectivity index (χ0) is 23.0. The molecule has 0 aliphatic heterocycles. The molecule has 0 spiro atoms. The number of aryl methyl sites for hydroxylation is 1. The summed E-state index contributed by atoms with van der Waals surface area (Å²) in [4.78, 5) is 16.6. The second-order valence-corrected chi connectivity index (χ2v) is 7.27. The standard InChI is InChI=1S/C20H17ClFN9O/c1-9(28-18-12(5-23)17(24)26-8-27-18)13-7-31-19(15(21)10(2)30-31)29-16(13)11-4-14(22)20(32-3)25-6-11/h4,6-9H,1-3H3,(H3,24,26,27,28)/t9-/m0/s1. The van der Waals surface area contributed by atoms with Crippen LogP contribution >= 0.6 is 11.6 Å². The van der Waals surface area contributed by atoms with Crippen molar-refractivity contribution in [2.24, 2.45) is 0 Å². The first-order valence-corrected chi connectivity index (χ1v) is 9.74. The molecule has 0 amide bonds. The number of ether oxygens (including phenoxy) is 1. The fraction of sp³-hybridized carbons (Fsp3) is 0.200. The molecule has 0 radical (unpaired) electrons. The lowest BCUT2D eigenvalue weighted by Gasteiger charge is -2.19. The van der Waals surface area contributed by atoms with Gasteiger partial charge in [-0.25, -0.2) is 28.8 Å². The minimum absolute atomic E-state index is 0.0573. The van der Waals surface area contributed by atoms with Gasteiger partial charge in [0, 0.05) is 23.5 Å². The molecule has 4 heterocycles. The van der Waals surface area contributed by atoms with Gasteiger partial charge in [-0.3, -0.25) is 0 Å². The van der Waals surface area contributed by atoms with Gasteiger partial charge in [0.05, 0.1) is 24.5 Å². The molecule has 4 rings (SSSR count). The van der Waals surface area contributed by atoms with E-state index in [-0.39, 0.29) is 23.1 Å². The summed E-state index contributed by atoms with van der Waals surface area (Å²) in [5.41, 5.74) is 8.37. The van der Waals surface area contributed by atoms with E-state index < -0.39 is 11.9 Å². The number of nitrogens with one attached hydrogen (secondary N) is 1. The van der Waals surface area contributed by atoms with E-state index in [1.165, 1.54) is 25.7 Å². The largest absolute Gasteiger partial charge is 0.479 e. The van der Waals surface area contributed by atoms with Crippen LogP contribution in [0.4, 0.5) is 16.0 Å². The molecule has 0 aromatic carbocycles. The van der Waals surface area contributed by atoms with Crippen molar-refractivity contribution < 1.29 is 9.13 Å². The maximum atomic E-state index is 14.4. The van der Waals surface area contributed by atoms with Crippen LogP contribution in [0.2, 0.25) is 5.02 Å². The number of anilines is 2. The van der Waals surface area contributed by atoms with Crippen LogP contribution < -0.4 is 15.8 Å². The van der Waals surface area contributed by atoms with Crippen LogP contribution in [-0.4, -0.2) is 36.7 Å². The highest BCUT2D eigenvalue weighted by Gasteiger charge is 2.21. The van der Waals surface area contributed by atoms with E-state index in [9.17, 15) is 9.65 Å². The molecule has 32 heavy (non-hydrogen) atoms. The van der Waals surface area contributed by atoms with Crippen LogP contribution in [0.1, 0.15) is 29.8 Å². The number of pyridine rings is 1. The number of nitrogens with zero attached hydrogens (tertiary/aromatic N) is 7. The minimum atomic E-state index is -0.635. The van der Waals surface area contributed by atoms with Gasteiger partial charge in [0.15, 0.2) is 11.5 Å². The number of rotatable bonds is 5. The minimum Gasteiger partial charge on any atom is -0.479 e. The van der Waals surface area contributed by atoms with Crippen molar-refractivity contribution >= 4 is 28.9 Å². The molecule has 0 aliphatic carbocycles. The van der Waals surface area contributed by atoms with Crippen molar-refractivity contribution in [3.63, 3.8) is 0 Å². The zero-order valence-electron chi connectivity index (χ0n) is 17.3. The van der Waals surface area contributed by atoms with Gasteiger partial charge >= 0.3 is 0 Å². The third kappa shape index (κ3) is 3.61. The molecular formula is C20H17ClFN9O. The average Bonchev–Trinajstić information content (AvgIpc) is 3.06. The number of nitrogen functional groups attached to an aromatic ring is 1. The molecule has 0 saturated heterocycles. The van der Waals surface area contributed by atoms with Crippen LogP contribution in [0.25, 0.3) is 16.9 Å². The SMILES string of the molecule is COc1ncc(-c2nc3c(Cl)c(C)nn3cc2[C@H](C)Nc2ncnc(N)c2C#N)cc1F. The first kappa shape index (κ1) is 21.2. The van der Waals surface area contributed by atoms with E-state index in [2.05, 4.69) is 30.4 Å². The molecule has 4 aromatic rings. The van der Waals surface area contributed by atoms with Gasteiger partial charge in [0.25, 0.3) is 0 Å². The van der Waals surface area contributed by atoms with Crippen molar-refractivity contribution in [2.75, 3.05) is 18.2 Å². The Bertz CT molecular complexity index is 1380. The molecule has 10 nitrogen and oxygen atoms in total. The number of fused-ring (bicyclic) bond motifs is 1. The Morgan fingerprint density at radius 3 is 2.81 bits per heavy atom. The first-order chi connectivity index (χ1) is 15.3. The summed E-state index contributed by atoms with van der Waals surface area (Å²) in [5, 5.41) is 17.3. The molecule has 4 aromatic heterocycles. The van der Waals surface area contributed by atoms with Crippen molar-refractivity contribution in [2.45, 2.75) is 19.9 Å². The molecule has 12 heteroatoms. The van der Waals surface area contributed by atoms with Gasteiger partial charge in [0.1, 0.15) is 34.6 Å². The average molecular weight is 454 g/mol. The fourth-order valence-corrected chi connectivity index (χ4v) is 3.39. The number of nitriles is 1. The van der Waals surface area contributed by atoms with Gasteiger partial charge in [0.2, 0.25) is 5.88 Å². The molecule has 0 fully saturated rings. The molecule has 0 unspecified atom stereocenters. The van der Waals surface area contributed by atoms with Crippen molar-refractivity contribution in [3.05, 3.63) is 52.4 Å². The molecule has 1 atom stereocenters. The first-order valence-electron chi connectivity index (χ1n) is 9.36. The Hall–Kier alpha value is -4.04. The lowest BCUT2D eigenvalue weighted by atomic mass is 10.0. The van der Waals surface area contributed by atoms with Crippen LogP contribution in [0.5, 0.6) is 5.88 Å². The number of methoxy groups -OCH3 is 1. The smallest absolute Gasteiger partial charge is 0.250 e. The summed E-state index contributed by atoms with van der Waals surface area (Å²) in [6, 6.07) is 2.82. The van der Waals surface area contributed by atoms with E-state index >= 15 is 0 Å². The summed E-state index contributed by atoms with van der Waals surface area (Å²) in [6.07, 6.45) is 4.44. The zero-order valence-corrected chi connectivity index (χ0v) is 18.0. The van der Waals surface area contributed by atoms with Crippen LogP contribution in [0, 0.1) is 24.1 Å². The Morgan fingerprint density at radius 2 is 2.12 bits per heavy atom. The number of hydrogen-bond acceptors (Lipinski definition) is 9. The predicted octanol–water partition coefficient (Wildman–Crippen LogP) is 3.32. The highest BCUT2D eigenvalue weighted by Crippen LogP contribution is 2.33. The number of hydrogen-bond donors (Lipinski definition) is 2. The summed E-state index contributed by atoms with van der Waals surface area (Å²) < 4.78 is 20.9. The second kappa shape index (κ2) is 8.24. The lowest BCUT2D eigenvalue weighted by molar-refractivity contribution is 0.369. The number of aromatic nitrogens is 6. The van der Waals surface area contributed by atoms with Crippen LogP contribution in [0.15, 0.2) is 24.8 Å². The van der Waals surface area contributed by atoms with Crippen LogP contribution in [-0.2, 0) is 0 Å². The van der Waals surface area contributed by atoms with Gasteiger partial charge in [-0.15, -0.1) is 0 Å².